The molecule has 0 saturated carbocycles. The molecule has 2 rings (SSSR count). The average molecular weight is 256 g/mol. The Bertz CT molecular complexity index is 577. The Morgan fingerprint density at radius 3 is 2.63 bits per heavy atom. The van der Waals surface area contributed by atoms with Gasteiger partial charge in [0.15, 0.2) is 5.84 Å². The van der Waals surface area contributed by atoms with Crippen LogP contribution >= 0.6 is 0 Å². The molecule has 0 heterocycles. The maximum atomic E-state index is 8.64. The summed E-state index contributed by atoms with van der Waals surface area (Å²) in [6.07, 6.45) is 0. The molecule has 0 fully saturated rings. The lowest BCUT2D eigenvalue weighted by Gasteiger charge is -2.07. The lowest BCUT2D eigenvalue weighted by atomic mass is 10.1. The highest BCUT2D eigenvalue weighted by Gasteiger charge is 2.01. The molecule has 0 radical (unpaired) electrons. The van der Waals surface area contributed by atoms with Gasteiger partial charge in [0.25, 0.3) is 0 Å². The van der Waals surface area contributed by atoms with Gasteiger partial charge in [0.2, 0.25) is 0 Å². The second kappa shape index (κ2) is 5.91. The molecule has 2 aromatic rings. The van der Waals surface area contributed by atoms with Crippen LogP contribution in [0.15, 0.2) is 53.7 Å². The third kappa shape index (κ3) is 3.48. The standard InChI is InChI=1S/C15H16N2O2/c1-11-5-7-14(8-6-11)19-10-12-3-2-4-13(9-12)15(16)17-18/h2-9,18H,10H2,1H3,(H2,16,17). The highest BCUT2D eigenvalue weighted by molar-refractivity contribution is 5.97. The molecule has 3 N–H and O–H groups in total. The van der Waals surface area contributed by atoms with Gasteiger partial charge in [-0.05, 0) is 30.7 Å². The van der Waals surface area contributed by atoms with Gasteiger partial charge in [-0.2, -0.15) is 0 Å². The Balaban J connectivity index is 2.05. The van der Waals surface area contributed by atoms with Crippen LogP contribution in [0.4, 0.5) is 0 Å². The molecule has 0 aliphatic heterocycles. The third-order valence-corrected chi connectivity index (χ3v) is 2.76. The molecule has 4 nitrogen and oxygen atoms in total. The summed E-state index contributed by atoms with van der Waals surface area (Å²) in [5, 5.41) is 11.6. The van der Waals surface area contributed by atoms with Gasteiger partial charge < -0.3 is 15.7 Å². The summed E-state index contributed by atoms with van der Waals surface area (Å²) in [5.41, 5.74) is 8.38. The van der Waals surface area contributed by atoms with Crippen LogP contribution in [-0.4, -0.2) is 11.0 Å². The number of rotatable bonds is 4. The Labute approximate surface area is 112 Å². The molecule has 0 spiro atoms. The summed E-state index contributed by atoms with van der Waals surface area (Å²) in [4.78, 5) is 0. The molecule has 0 atom stereocenters. The van der Waals surface area contributed by atoms with Crippen LogP contribution in [-0.2, 0) is 6.61 Å². The van der Waals surface area contributed by atoms with Gasteiger partial charge in [-0.1, -0.05) is 41.1 Å². The number of amidine groups is 1. The van der Waals surface area contributed by atoms with Gasteiger partial charge in [0, 0.05) is 5.56 Å². The lowest BCUT2D eigenvalue weighted by Crippen LogP contribution is -2.13. The summed E-state index contributed by atoms with van der Waals surface area (Å²) in [6, 6.07) is 15.3. The minimum absolute atomic E-state index is 0.0946. The molecule has 0 aliphatic rings. The molecule has 2 aromatic carbocycles. The number of oxime groups is 1. The summed E-state index contributed by atoms with van der Waals surface area (Å²) in [5.74, 6) is 0.914. The molecular weight excluding hydrogens is 240 g/mol. The minimum atomic E-state index is 0.0946. The zero-order valence-corrected chi connectivity index (χ0v) is 10.7. The second-order valence-electron chi connectivity index (χ2n) is 4.29. The fraction of sp³-hybridized carbons (Fsp3) is 0.133. The van der Waals surface area contributed by atoms with Gasteiger partial charge in [-0.3, -0.25) is 0 Å². The van der Waals surface area contributed by atoms with Crippen molar-refractivity contribution in [1.29, 1.82) is 0 Å². The largest absolute Gasteiger partial charge is 0.489 e. The Hall–Kier alpha value is -2.49. The van der Waals surface area contributed by atoms with Crippen molar-refractivity contribution in [3.8, 4) is 5.75 Å². The van der Waals surface area contributed by atoms with E-state index in [2.05, 4.69) is 5.16 Å². The van der Waals surface area contributed by atoms with Crippen LogP contribution < -0.4 is 10.5 Å². The monoisotopic (exact) mass is 256 g/mol. The molecule has 0 saturated heterocycles. The van der Waals surface area contributed by atoms with Crippen LogP contribution in [0, 0.1) is 6.92 Å². The van der Waals surface area contributed by atoms with Crippen molar-refractivity contribution in [3.63, 3.8) is 0 Å². The molecular formula is C15H16N2O2. The van der Waals surface area contributed by atoms with Crippen molar-refractivity contribution in [2.45, 2.75) is 13.5 Å². The van der Waals surface area contributed by atoms with Crippen molar-refractivity contribution in [2.24, 2.45) is 10.9 Å². The van der Waals surface area contributed by atoms with E-state index in [1.165, 1.54) is 5.56 Å². The molecule has 0 unspecified atom stereocenters. The van der Waals surface area contributed by atoms with Crippen molar-refractivity contribution in [1.82, 2.24) is 0 Å². The summed E-state index contributed by atoms with van der Waals surface area (Å²) in [7, 11) is 0. The molecule has 4 heteroatoms. The predicted molar refractivity (Wildman–Crippen MR) is 74.5 cm³/mol. The molecule has 19 heavy (non-hydrogen) atoms. The Morgan fingerprint density at radius 2 is 1.95 bits per heavy atom. The lowest BCUT2D eigenvalue weighted by molar-refractivity contribution is 0.306. The van der Waals surface area contributed by atoms with Gasteiger partial charge in [0.05, 0.1) is 0 Å². The third-order valence-electron chi connectivity index (χ3n) is 2.76. The van der Waals surface area contributed by atoms with Gasteiger partial charge in [-0.15, -0.1) is 0 Å². The molecule has 0 bridgehead atoms. The predicted octanol–water partition coefficient (Wildman–Crippen LogP) is 2.67. The van der Waals surface area contributed by atoms with Crippen LogP contribution in [0.5, 0.6) is 5.75 Å². The van der Waals surface area contributed by atoms with E-state index in [1.54, 1.807) is 6.07 Å². The normalized spacial score (nSPS) is 11.3. The summed E-state index contributed by atoms with van der Waals surface area (Å²) < 4.78 is 5.67. The number of aryl methyl sites for hydroxylation is 1. The van der Waals surface area contributed by atoms with Gasteiger partial charge >= 0.3 is 0 Å². The van der Waals surface area contributed by atoms with Crippen LogP contribution in [0.2, 0.25) is 0 Å². The summed E-state index contributed by atoms with van der Waals surface area (Å²) >= 11 is 0. The van der Waals surface area contributed by atoms with E-state index in [-0.39, 0.29) is 5.84 Å². The average Bonchev–Trinajstić information content (AvgIpc) is 2.46. The first-order chi connectivity index (χ1) is 9.19. The van der Waals surface area contributed by atoms with E-state index in [4.69, 9.17) is 15.7 Å². The van der Waals surface area contributed by atoms with E-state index in [1.807, 2.05) is 49.4 Å². The van der Waals surface area contributed by atoms with Crippen molar-refractivity contribution < 1.29 is 9.94 Å². The number of hydrogen-bond donors (Lipinski definition) is 2. The first-order valence-electron chi connectivity index (χ1n) is 5.95. The molecule has 0 aliphatic carbocycles. The zero-order chi connectivity index (χ0) is 13.7. The highest BCUT2D eigenvalue weighted by atomic mass is 16.5. The van der Waals surface area contributed by atoms with Gasteiger partial charge in [-0.25, -0.2) is 0 Å². The highest BCUT2D eigenvalue weighted by Crippen LogP contribution is 2.14. The van der Waals surface area contributed by atoms with E-state index in [0.717, 1.165) is 11.3 Å². The fourth-order valence-electron chi connectivity index (χ4n) is 1.68. The number of ether oxygens (including phenoxy) is 1. The number of benzene rings is 2. The Kier molecular flexibility index (Phi) is 4.03. The van der Waals surface area contributed by atoms with E-state index in [0.29, 0.717) is 12.2 Å². The minimum Gasteiger partial charge on any atom is -0.489 e. The first kappa shape index (κ1) is 13.0. The van der Waals surface area contributed by atoms with Crippen molar-refractivity contribution >= 4 is 5.84 Å². The fourth-order valence-corrected chi connectivity index (χ4v) is 1.68. The SMILES string of the molecule is Cc1ccc(OCc2cccc(/C(N)=N/O)c2)cc1. The number of nitrogens with two attached hydrogens (primary N) is 1. The Morgan fingerprint density at radius 1 is 1.21 bits per heavy atom. The quantitative estimate of drug-likeness (QED) is 0.382. The zero-order valence-electron chi connectivity index (χ0n) is 10.7. The second-order valence-corrected chi connectivity index (χ2v) is 4.29. The van der Waals surface area contributed by atoms with Crippen LogP contribution in [0.25, 0.3) is 0 Å². The maximum Gasteiger partial charge on any atom is 0.170 e. The number of nitrogens with zero attached hydrogens (tertiary/aromatic N) is 1. The summed E-state index contributed by atoms with van der Waals surface area (Å²) in [6.45, 7) is 2.47. The molecule has 0 aromatic heterocycles. The van der Waals surface area contributed by atoms with Gasteiger partial charge in [0.1, 0.15) is 12.4 Å². The molecule has 98 valence electrons. The first-order valence-corrected chi connectivity index (χ1v) is 5.95. The van der Waals surface area contributed by atoms with Crippen molar-refractivity contribution in [2.75, 3.05) is 0 Å². The van der Waals surface area contributed by atoms with Crippen molar-refractivity contribution in [3.05, 3.63) is 65.2 Å². The number of hydrogen-bond acceptors (Lipinski definition) is 3. The van der Waals surface area contributed by atoms with E-state index in [9.17, 15) is 0 Å². The van der Waals surface area contributed by atoms with Crippen LogP contribution in [0.3, 0.4) is 0 Å². The van der Waals surface area contributed by atoms with Crippen LogP contribution in [0.1, 0.15) is 16.7 Å². The maximum absolute atomic E-state index is 8.64. The van der Waals surface area contributed by atoms with E-state index >= 15 is 0 Å². The smallest absolute Gasteiger partial charge is 0.170 e. The topological polar surface area (TPSA) is 67.8 Å². The molecule has 0 amide bonds. The van der Waals surface area contributed by atoms with E-state index < -0.39 is 0 Å².